The molecule has 0 radical (unpaired) electrons. The van der Waals surface area contributed by atoms with Crippen LogP contribution in [0.4, 0.5) is 0 Å². The molecule has 6 nitrogen and oxygen atoms in total. The molecule has 1 aromatic heterocycles. The van der Waals surface area contributed by atoms with E-state index in [1.807, 2.05) is 11.6 Å². The molecule has 0 spiro atoms. The molecule has 1 N–H and O–H groups in total. The number of aryl methyl sites for hydroxylation is 1. The normalized spacial score (nSPS) is 18.5. The Morgan fingerprint density at radius 3 is 2.90 bits per heavy atom. The van der Waals surface area contributed by atoms with Gasteiger partial charge in [0.25, 0.3) is 5.91 Å². The zero-order chi connectivity index (χ0) is 14.7. The topological polar surface area (TPSA) is 75.4 Å². The van der Waals surface area contributed by atoms with E-state index in [0.717, 1.165) is 31.5 Å². The lowest BCUT2D eigenvalue weighted by atomic mass is 10.2. The van der Waals surface area contributed by atoms with Crippen molar-refractivity contribution in [1.29, 1.82) is 0 Å². The minimum absolute atomic E-state index is 0.213. The highest BCUT2D eigenvalue weighted by Gasteiger charge is 2.35. The van der Waals surface area contributed by atoms with Gasteiger partial charge in [0.2, 0.25) is 0 Å². The van der Waals surface area contributed by atoms with Crippen LogP contribution in [0, 0.1) is 6.92 Å². The summed E-state index contributed by atoms with van der Waals surface area (Å²) >= 11 is 0. The number of carbonyl (C=O) groups excluding carboxylic acids is 1. The first kappa shape index (κ1) is 14.6. The van der Waals surface area contributed by atoms with E-state index < -0.39 is 12.0 Å². The van der Waals surface area contributed by atoms with E-state index in [9.17, 15) is 9.59 Å². The molecule has 110 valence electrons. The Kier molecular flexibility index (Phi) is 4.42. The molecule has 1 fully saturated rings. The Bertz CT molecular complexity index is 510. The predicted molar refractivity (Wildman–Crippen MR) is 73.6 cm³/mol. The molecule has 1 aliphatic rings. The molecule has 1 amide bonds. The highest BCUT2D eigenvalue weighted by molar-refractivity contribution is 5.97. The summed E-state index contributed by atoms with van der Waals surface area (Å²) in [5.41, 5.74) is 1.34. The lowest BCUT2D eigenvalue weighted by Crippen LogP contribution is -2.40. The number of aromatic nitrogens is 2. The SMILES string of the molecule is CCCCn1ncc(C(=O)N2CCC[C@@H]2C(=O)O)c1C. The van der Waals surface area contributed by atoms with Crippen molar-refractivity contribution in [2.45, 2.75) is 52.1 Å². The summed E-state index contributed by atoms with van der Waals surface area (Å²) < 4.78 is 1.82. The van der Waals surface area contributed by atoms with Crippen LogP contribution >= 0.6 is 0 Å². The van der Waals surface area contributed by atoms with E-state index in [2.05, 4.69) is 12.0 Å². The van der Waals surface area contributed by atoms with E-state index in [4.69, 9.17) is 5.11 Å². The molecule has 2 heterocycles. The van der Waals surface area contributed by atoms with E-state index >= 15 is 0 Å². The van der Waals surface area contributed by atoms with Crippen molar-refractivity contribution >= 4 is 11.9 Å². The van der Waals surface area contributed by atoms with Crippen molar-refractivity contribution in [1.82, 2.24) is 14.7 Å². The number of carbonyl (C=O) groups is 2. The molecule has 1 aromatic rings. The number of carboxylic acid groups (broad SMARTS) is 1. The first-order valence-electron chi connectivity index (χ1n) is 7.12. The van der Waals surface area contributed by atoms with Crippen LogP contribution in [-0.2, 0) is 11.3 Å². The molecule has 0 aliphatic carbocycles. The Balaban J connectivity index is 2.17. The zero-order valence-electron chi connectivity index (χ0n) is 12.0. The third kappa shape index (κ3) is 2.69. The van der Waals surface area contributed by atoms with Crippen LogP contribution in [0.25, 0.3) is 0 Å². The number of hydrogen-bond donors (Lipinski definition) is 1. The number of nitrogens with zero attached hydrogens (tertiary/aromatic N) is 3. The first-order valence-corrected chi connectivity index (χ1v) is 7.12. The maximum absolute atomic E-state index is 12.5. The zero-order valence-corrected chi connectivity index (χ0v) is 12.0. The van der Waals surface area contributed by atoms with Gasteiger partial charge in [-0.2, -0.15) is 5.10 Å². The van der Waals surface area contributed by atoms with Gasteiger partial charge in [-0.15, -0.1) is 0 Å². The number of likely N-dealkylation sites (tertiary alicyclic amines) is 1. The summed E-state index contributed by atoms with van der Waals surface area (Å²) in [6.45, 7) is 5.27. The standard InChI is InChI=1S/C14H21N3O3/c1-3-4-8-17-10(2)11(9-15-17)13(18)16-7-5-6-12(16)14(19)20/h9,12H,3-8H2,1-2H3,(H,19,20)/t12-/m1/s1. The minimum Gasteiger partial charge on any atom is -0.480 e. The molecular formula is C14H21N3O3. The predicted octanol–water partition coefficient (Wildman–Crippen LogP) is 1.68. The van der Waals surface area contributed by atoms with Crippen molar-refractivity contribution in [3.05, 3.63) is 17.5 Å². The number of carboxylic acids is 1. The lowest BCUT2D eigenvalue weighted by Gasteiger charge is -2.21. The largest absolute Gasteiger partial charge is 0.480 e. The molecule has 1 saturated heterocycles. The van der Waals surface area contributed by atoms with E-state index in [1.165, 1.54) is 4.90 Å². The van der Waals surface area contributed by atoms with Crippen molar-refractivity contribution in [2.24, 2.45) is 0 Å². The van der Waals surface area contributed by atoms with Crippen LogP contribution < -0.4 is 0 Å². The molecule has 20 heavy (non-hydrogen) atoms. The second kappa shape index (κ2) is 6.07. The summed E-state index contributed by atoms with van der Waals surface area (Å²) in [5, 5.41) is 13.4. The van der Waals surface area contributed by atoms with Gasteiger partial charge >= 0.3 is 5.97 Å². The molecule has 0 aromatic carbocycles. The molecule has 1 aliphatic heterocycles. The summed E-state index contributed by atoms with van der Waals surface area (Å²) in [7, 11) is 0. The second-order valence-corrected chi connectivity index (χ2v) is 5.22. The molecular weight excluding hydrogens is 258 g/mol. The molecule has 0 unspecified atom stereocenters. The number of unbranched alkanes of at least 4 members (excludes halogenated alkanes) is 1. The van der Waals surface area contributed by atoms with E-state index in [-0.39, 0.29) is 5.91 Å². The van der Waals surface area contributed by atoms with Gasteiger partial charge in [-0.25, -0.2) is 4.79 Å². The summed E-state index contributed by atoms with van der Waals surface area (Å²) in [6, 6.07) is -0.694. The van der Waals surface area contributed by atoms with Gasteiger partial charge in [-0.1, -0.05) is 13.3 Å². The average Bonchev–Trinajstić information content (AvgIpc) is 3.02. The van der Waals surface area contributed by atoms with Gasteiger partial charge in [0.05, 0.1) is 11.8 Å². The second-order valence-electron chi connectivity index (χ2n) is 5.22. The minimum atomic E-state index is -0.924. The van der Waals surface area contributed by atoms with Gasteiger partial charge in [0.1, 0.15) is 6.04 Å². The van der Waals surface area contributed by atoms with Gasteiger partial charge < -0.3 is 10.0 Å². The van der Waals surface area contributed by atoms with Gasteiger partial charge in [0.15, 0.2) is 0 Å². The Morgan fingerprint density at radius 2 is 2.25 bits per heavy atom. The van der Waals surface area contributed by atoms with Gasteiger partial charge in [-0.3, -0.25) is 9.48 Å². The molecule has 2 rings (SSSR count). The monoisotopic (exact) mass is 279 g/mol. The third-order valence-electron chi connectivity index (χ3n) is 3.86. The average molecular weight is 279 g/mol. The van der Waals surface area contributed by atoms with E-state index in [0.29, 0.717) is 18.5 Å². The molecule has 6 heteroatoms. The molecule has 0 saturated carbocycles. The van der Waals surface area contributed by atoms with Crippen molar-refractivity contribution < 1.29 is 14.7 Å². The fourth-order valence-electron chi connectivity index (χ4n) is 2.61. The van der Waals surface area contributed by atoms with Gasteiger partial charge in [0, 0.05) is 18.8 Å². The van der Waals surface area contributed by atoms with Crippen molar-refractivity contribution in [2.75, 3.05) is 6.54 Å². The fraction of sp³-hybridized carbons (Fsp3) is 0.643. The third-order valence-corrected chi connectivity index (χ3v) is 3.86. The van der Waals surface area contributed by atoms with Crippen LogP contribution in [0.5, 0.6) is 0 Å². The Labute approximate surface area is 118 Å². The summed E-state index contributed by atoms with van der Waals surface area (Å²) in [4.78, 5) is 25.1. The number of aliphatic carboxylic acids is 1. The highest BCUT2D eigenvalue weighted by Crippen LogP contribution is 2.21. The lowest BCUT2D eigenvalue weighted by molar-refractivity contribution is -0.141. The fourth-order valence-corrected chi connectivity index (χ4v) is 2.61. The summed E-state index contributed by atoms with van der Waals surface area (Å²) in [6.07, 6.45) is 4.91. The maximum atomic E-state index is 12.5. The quantitative estimate of drug-likeness (QED) is 0.889. The van der Waals surface area contributed by atoms with Crippen LogP contribution in [-0.4, -0.2) is 44.3 Å². The Morgan fingerprint density at radius 1 is 1.50 bits per heavy atom. The Hall–Kier alpha value is -1.85. The molecule has 1 atom stereocenters. The summed E-state index contributed by atoms with van der Waals surface area (Å²) in [5.74, 6) is -1.14. The molecule has 0 bridgehead atoms. The smallest absolute Gasteiger partial charge is 0.326 e. The van der Waals surface area contributed by atoms with Crippen LogP contribution in [0.1, 0.15) is 48.7 Å². The van der Waals surface area contributed by atoms with Crippen LogP contribution in [0.2, 0.25) is 0 Å². The van der Waals surface area contributed by atoms with Crippen molar-refractivity contribution in [3.63, 3.8) is 0 Å². The van der Waals surface area contributed by atoms with Crippen LogP contribution in [0.15, 0.2) is 6.20 Å². The first-order chi connectivity index (χ1) is 9.56. The number of hydrogen-bond acceptors (Lipinski definition) is 3. The number of amides is 1. The van der Waals surface area contributed by atoms with Crippen LogP contribution in [0.3, 0.4) is 0 Å². The van der Waals surface area contributed by atoms with E-state index in [1.54, 1.807) is 6.20 Å². The maximum Gasteiger partial charge on any atom is 0.326 e. The highest BCUT2D eigenvalue weighted by atomic mass is 16.4. The number of rotatable bonds is 5. The van der Waals surface area contributed by atoms with Crippen molar-refractivity contribution in [3.8, 4) is 0 Å². The van der Waals surface area contributed by atoms with Gasteiger partial charge in [-0.05, 0) is 26.2 Å².